The highest BCUT2D eigenvalue weighted by Gasteiger charge is 2.51. The standard InChI is InChI=1S/C14H18BrN/c15-13-4-2-1-3-12(13)14(9-16)8-10-5-6-11(14)7-10/h1-4,10-11H,5-9,16H2. The van der Waals surface area contributed by atoms with E-state index in [9.17, 15) is 0 Å². The van der Waals surface area contributed by atoms with Crippen molar-refractivity contribution in [2.75, 3.05) is 6.54 Å². The molecular weight excluding hydrogens is 262 g/mol. The van der Waals surface area contributed by atoms with Crippen molar-refractivity contribution in [2.45, 2.75) is 31.1 Å². The Bertz CT molecular complexity index is 403. The van der Waals surface area contributed by atoms with Crippen LogP contribution in [0.25, 0.3) is 0 Å². The molecule has 2 saturated carbocycles. The zero-order valence-corrected chi connectivity index (χ0v) is 11.0. The Morgan fingerprint density at radius 2 is 2.12 bits per heavy atom. The highest BCUT2D eigenvalue weighted by molar-refractivity contribution is 9.10. The topological polar surface area (TPSA) is 26.0 Å². The SMILES string of the molecule is NCC1(c2ccccc2Br)CC2CCC1C2. The number of hydrogen-bond acceptors (Lipinski definition) is 1. The molecular formula is C14H18BrN. The van der Waals surface area contributed by atoms with Gasteiger partial charge in [-0.05, 0) is 42.7 Å². The second kappa shape index (κ2) is 3.85. The molecule has 86 valence electrons. The fraction of sp³-hybridized carbons (Fsp3) is 0.571. The van der Waals surface area contributed by atoms with Crippen molar-refractivity contribution in [2.24, 2.45) is 17.6 Å². The summed E-state index contributed by atoms with van der Waals surface area (Å²) >= 11 is 3.70. The maximum atomic E-state index is 6.14. The first-order chi connectivity index (χ1) is 7.76. The molecule has 2 heteroatoms. The van der Waals surface area contributed by atoms with Gasteiger partial charge in [-0.15, -0.1) is 0 Å². The molecule has 0 aliphatic heterocycles. The van der Waals surface area contributed by atoms with Gasteiger partial charge in [-0.2, -0.15) is 0 Å². The summed E-state index contributed by atoms with van der Waals surface area (Å²) in [5, 5.41) is 0. The molecule has 0 heterocycles. The molecule has 16 heavy (non-hydrogen) atoms. The molecule has 0 aromatic heterocycles. The van der Waals surface area contributed by atoms with E-state index in [-0.39, 0.29) is 5.41 Å². The molecule has 3 unspecified atom stereocenters. The summed E-state index contributed by atoms with van der Waals surface area (Å²) in [5.41, 5.74) is 7.85. The lowest BCUT2D eigenvalue weighted by Gasteiger charge is -2.38. The lowest BCUT2D eigenvalue weighted by molar-refractivity contribution is 0.274. The third-order valence-electron chi connectivity index (χ3n) is 4.75. The molecule has 2 aliphatic carbocycles. The van der Waals surface area contributed by atoms with Gasteiger partial charge in [0.15, 0.2) is 0 Å². The minimum atomic E-state index is 0.267. The van der Waals surface area contributed by atoms with Crippen molar-refractivity contribution >= 4 is 15.9 Å². The predicted octanol–water partition coefficient (Wildman–Crippen LogP) is 3.47. The van der Waals surface area contributed by atoms with Gasteiger partial charge < -0.3 is 5.73 Å². The summed E-state index contributed by atoms with van der Waals surface area (Å²) in [7, 11) is 0. The quantitative estimate of drug-likeness (QED) is 0.882. The third-order valence-corrected chi connectivity index (χ3v) is 5.44. The Morgan fingerprint density at radius 1 is 1.31 bits per heavy atom. The van der Waals surface area contributed by atoms with Gasteiger partial charge in [0.1, 0.15) is 0 Å². The fourth-order valence-electron chi connectivity index (χ4n) is 4.00. The van der Waals surface area contributed by atoms with Crippen LogP contribution in [-0.4, -0.2) is 6.54 Å². The van der Waals surface area contributed by atoms with Crippen LogP contribution in [0.4, 0.5) is 0 Å². The molecule has 3 atom stereocenters. The summed E-state index contributed by atoms with van der Waals surface area (Å²) in [6, 6.07) is 8.64. The Balaban J connectivity index is 2.06. The number of halogens is 1. The summed E-state index contributed by atoms with van der Waals surface area (Å²) in [4.78, 5) is 0. The first kappa shape index (κ1) is 10.8. The van der Waals surface area contributed by atoms with E-state index in [1.807, 2.05) is 0 Å². The number of benzene rings is 1. The van der Waals surface area contributed by atoms with Crippen LogP contribution >= 0.6 is 15.9 Å². The zero-order chi connectivity index (χ0) is 11.2. The maximum Gasteiger partial charge on any atom is 0.0213 e. The highest BCUT2D eigenvalue weighted by atomic mass is 79.9. The number of hydrogen-bond donors (Lipinski definition) is 1. The largest absolute Gasteiger partial charge is 0.330 e. The fourth-order valence-corrected chi connectivity index (χ4v) is 4.68. The monoisotopic (exact) mass is 279 g/mol. The Morgan fingerprint density at radius 3 is 2.69 bits per heavy atom. The van der Waals surface area contributed by atoms with Crippen LogP contribution in [0.5, 0.6) is 0 Å². The van der Waals surface area contributed by atoms with Crippen LogP contribution in [0.1, 0.15) is 31.2 Å². The van der Waals surface area contributed by atoms with Gasteiger partial charge in [-0.1, -0.05) is 40.5 Å². The smallest absolute Gasteiger partial charge is 0.0213 e. The average Bonchev–Trinajstić information content (AvgIpc) is 2.90. The molecule has 2 bridgehead atoms. The average molecular weight is 280 g/mol. The molecule has 1 aromatic rings. The summed E-state index contributed by atoms with van der Waals surface area (Å²) in [6.07, 6.45) is 5.51. The van der Waals surface area contributed by atoms with Crippen molar-refractivity contribution in [1.29, 1.82) is 0 Å². The first-order valence-corrected chi connectivity index (χ1v) is 7.00. The van der Waals surface area contributed by atoms with E-state index in [4.69, 9.17) is 5.73 Å². The van der Waals surface area contributed by atoms with Crippen molar-refractivity contribution in [3.05, 3.63) is 34.3 Å². The van der Waals surface area contributed by atoms with E-state index in [1.165, 1.54) is 35.7 Å². The minimum Gasteiger partial charge on any atom is -0.330 e. The number of rotatable bonds is 2. The Labute approximate surface area is 106 Å². The molecule has 0 amide bonds. The van der Waals surface area contributed by atoms with Gasteiger partial charge in [0.05, 0.1) is 0 Å². The Kier molecular flexibility index (Phi) is 2.60. The molecule has 3 rings (SSSR count). The number of fused-ring (bicyclic) bond motifs is 2. The molecule has 2 N–H and O–H groups in total. The van der Waals surface area contributed by atoms with Crippen LogP contribution in [-0.2, 0) is 5.41 Å². The third kappa shape index (κ3) is 1.39. The lowest BCUT2D eigenvalue weighted by Crippen LogP contribution is -2.40. The molecule has 0 spiro atoms. The van der Waals surface area contributed by atoms with E-state index >= 15 is 0 Å². The van der Waals surface area contributed by atoms with E-state index in [2.05, 4.69) is 40.2 Å². The Hall–Kier alpha value is -0.340. The van der Waals surface area contributed by atoms with Crippen molar-refractivity contribution in [3.8, 4) is 0 Å². The van der Waals surface area contributed by atoms with Gasteiger partial charge in [-0.3, -0.25) is 0 Å². The minimum absolute atomic E-state index is 0.267. The van der Waals surface area contributed by atoms with Gasteiger partial charge in [0, 0.05) is 16.4 Å². The lowest BCUT2D eigenvalue weighted by atomic mass is 9.68. The summed E-state index contributed by atoms with van der Waals surface area (Å²) in [6.45, 7) is 0.802. The van der Waals surface area contributed by atoms with E-state index in [0.29, 0.717) is 0 Å². The molecule has 0 radical (unpaired) electrons. The molecule has 1 aromatic carbocycles. The van der Waals surface area contributed by atoms with Crippen LogP contribution < -0.4 is 5.73 Å². The van der Waals surface area contributed by atoms with Crippen LogP contribution in [0.3, 0.4) is 0 Å². The zero-order valence-electron chi connectivity index (χ0n) is 9.45. The molecule has 2 aliphatic rings. The molecule has 1 nitrogen and oxygen atoms in total. The molecule has 2 fully saturated rings. The second-order valence-electron chi connectivity index (χ2n) is 5.42. The van der Waals surface area contributed by atoms with Crippen molar-refractivity contribution in [3.63, 3.8) is 0 Å². The van der Waals surface area contributed by atoms with Crippen LogP contribution in [0, 0.1) is 11.8 Å². The normalized spacial score (nSPS) is 36.9. The van der Waals surface area contributed by atoms with E-state index in [0.717, 1.165) is 18.4 Å². The van der Waals surface area contributed by atoms with Gasteiger partial charge in [-0.25, -0.2) is 0 Å². The van der Waals surface area contributed by atoms with E-state index < -0.39 is 0 Å². The van der Waals surface area contributed by atoms with Gasteiger partial charge >= 0.3 is 0 Å². The number of nitrogens with two attached hydrogens (primary N) is 1. The predicted molar refractivity (Wildman–Crippen MR) is 70.3 cm³/mol. The summed E-state index contributed by atoms with van der Waals surface area (Å²) < 4.78 is 1.24. The van der Waals surface area contributed by atoms with Gasteiger partial charge in [0.25, 0.3) is 0 Å². The van der Waals surface area contributed by atoms with Crippen molar-refractivity contribution in [1.82, 2.24) is 0 Å². The maximum absolute atomic E-state index is 6.14. The van der Waals surface area contributed by atoms with Crippen LogP contribution in [0.15, 0.2) is 28.7 Å². The van der Waals surface area contributed by atoms with Crippen LogP contribution in [0.2, 0.25) is 0 Å². The van der Waals surface area contributed by atoms with E-state index in [1.54, 1.807) is 0 Å². The van der Waals surface area contributed by atoms with Gasteiger partial charge in [0.2, 0.25) is 0 Å². The highest BCUT2D eigenvalue weighted by Crippen LogP contribution is 2.57. The second-order valence-corrected chi connectivity index (χ2v) is 6.27. The molecule has 0 saturated heterocycles. The van der Waals surface area contributed by atoms with Crippen molar-refractivity contribution < 1.29 is 0 Å². The summed E-state index contributed by atoms with van der Waals surface area (Å²) in [5.74, 6) is 1.75. The first-order valence-electron chi connectivity index (χ1n) is 6.21.